The van der Waals surface area contributed by atoms with Crippen LogP contribution in [0.2, 0.25) is 0 Å². The summed E-state index contributed by atoms with van der Waals surface area (Å²) in [4.78, 5) is 13.7. The van der Waals surface area contributed by atoms with Gasteiger partial charge in [0.1, 0.15) is 0 Å². The van der Waals surface area contributed by atoms with Crippen molar-refractivity contribution in [3.8, 4) is 11.9 Å². The molecule has 0 unspecified atom stereocenters. The van der Waals surface area contributed by atoms with Crippen molar-refractivity contribution in [2.24, 2.45) is 0 Å². The quantitative estimate of drug-likeness (QED) is 0.800. The van der Waals surface area contributed by atoms with E-state index in [-0.39, 0.29) is 6.01 Å². The Morgan fingerprint density at radius 2 is 1.92 bits per heavy atom. The molecule has 2 aromatic rings. The fourth-order valence-corrected chi connectivity index (χ4v) is 4.19. The lowest BCUT2D eigenvalue weighted by atomic mass is 9.85. The van der Waals surface area contributed by atoms with Crippen LogP contribution < -0.4 is 9.47 Å². The highest BCUT2D eigenvalue weighted by Gasteiger charge is 2.37. The number of piperidine rings is 1. The van der Waals surface area contributed by atoms with E-state index in [1.807, 2.05) is 25.2 Å². The zero-order valence-electron chi connectivity index (χ0n) is 15.7. The van der Waals surface area contributed by atoms with Crippen LogP contribution in [0.4, 0.5) is 0 Å². The van der Waals surface area contributed by atoms with Crippen LogP contribution in [0.1, 0.15) is 42.0 Å². The van der Waals surface area contributed by atoms with Crippen LogP contribution in [0.3, 0.4) is 0 Å². The molecule has 3 heterocycles. The Morgan fingerprint density at radius 3 is 2.54 bits per heavy atom. The topological polar surface area (TPSA) is 67.7 Å². The van der Waals surface area contributed by atoms with Gasteiger partial charge in [-0.1, -0.05) is 0 Å². The van der Waals surface area contributed by atoms with E-state index in [1.165, 1.54) is 9.75 Å². The Bertz CT molecular complexity index is 727. The predicted octanol–water partition coefficient (Wildman–Crippen LogP) is 3.13. The molecule has 1 aliphatic rings. The lowest BCUT2D eigenvalue weighted by Gasteiger charge is -2.38. The average Bonchev–Trinajstić information content (AvgIpc) is 3.03. The van der Waals surface area contributed by atoms with E-state index in [2.05, 4.69) is 33.9 Å². The minimum absolute atomic E-state index is 0.286. The second kappa shape index (κ2) is 8.33. The number of ether oxygens (including phenoxy) is 2. The van der Waals surface area contributed by atoms with Crippen molar-refractivity contribution < 1.29 is 14.6 Å². The molecule has 0 spiro atoms. The summed E-state index contributed by atoms with van der Waals surface area (Å²) in [6.07, 6.45) is 2.92. The molecule has 1 saturated heterocycles. The van der Waals surface area contributed by atoms with Crippen molar-refractivity contribution in [2.45, 2.75) is 45.8 Å². The number of nitrogens with zero attached hydrogens (tertiary/aromatic N) is 3. The van der Waals surface area contributed by atoms with Crippen molar-refractivity contribution in [3.63, 3.8) is 0 Å². The molecular formula is C19H27N3O3S. The van der Waals surface area contributed by atoms with E-state index in [4.69, 9.17) is 9.47 Å². The standard InChI is InChI=1S/C19H27N3O3S/c1-4-24-17-16(12-20-18(21-17)25-5-2)19(23)8-10-22(11-9-19)13-15-7-6-14(3)26-15/h6-7,12,23H,4-5,8-11,13H2,1-3H3. The summed E-state index contributed by atoms with van der Waals surface area (Å²) in [5, 5.41) is 11.2. The molecule has 0 atom stereocenters. The van der Waals surface area contributed by atoms with Crippen LogP contribution in [0.5, 0.6) is 11.9 Å². The van der Waals surface area contributed by atoms with Crippen molar-refractivity contribution in [1.82, 2.24) is 14.9 Å². The Labute approximate surface area is 158 Å². The van der Waals surface area contributed by atoms with Gasteiger partial charge >= 0.3 is 6.01 Å². The first kappa shape index (κ1) is 19.1. The Morgan fingerprint density at radius 1 is 1.19 bits per heavy atom. The Hall–Kier alpha value is -1.70. The molecule has 0 aliphatic carbocycles. The van der Waals surface area contributed by atoms with Gasteiger partial charge in [0.25, 0.3) is 0 Å². The Balaban J connectivity index is 1.71. The molecule has 0 amide bonds. The fourth-order valence-electron chi connectivity index (χ4n) is 3.26. The van der Waals surface area contributed by atoms with Gasteiger partial charge in [-0.25, -0.2) is 4.98 Å². The highest BCUT2D eigenvalue weighted by Crippen LogP contribution is 2.38. The zero-order valence-corrected chi connectivity index (χ0v) is 16.5. The maximum Gasteiger partial charge on any atom is 0.319 e. The van der Waals surface area contributed by atoms with Gasteiger partial charge in [-0.3, -0.25) is 4.90 Å². The SMILES string of the molecule is CCOc1ncc(C2(O)CCN(Cc3ccc(C)s3)CC2)c(OCC)n1. The highest BCUT2D eigenvalue weighted by atomic mass is 32.1. The smallest absolute Gasteiger partial charge is 0.319 e. The summed E-state index contributed by atoms with van der Waals surface area (Å²) in [6.45, 7) is 9.48. The molecule has 0 saturated carbocycles. The van der Waals surface area contributed by atoms with E-state index < -0.39 is 5.60 Å². The van der Waals surface area contributed by atoms with E-state index in [0.29, 0.717) is 37.5 Å². The van der Waals surface area contributed by atoms with Crippen molar-refractivity contribution in [3.05, 3.63) is 33.6 Å². The number of aromatic nitrogens is 2. The highest BCUT2D eigenvalue weighted by molar-refractivity contribution is 7.11. The molecule has 7 heteroatoms. The largest absolute Gasteiger partial charge is 0.478 e. The van der Waals surface area contributed by atoms with Crippen molar-refractivity contribution >= 4 is 11.3 Å². The first-order valence-corrected chi connectivity index (χ1v) is 9.99. The molecular weight excluding hydrogens is 350 g/mol. The van der Waals surface area contributed by atoms with E-state index in [1.54, 1.807) is 6.20 Å². The van der Waals surface area contributed by atoms with Gasteiger partial charge in [0.05, 0.1) is 24.4 Å². The summed E-state index contributed by atoms with van der Waals surface area (Å²) >= 11 is 1.83. The predicted molar refractivity (Wildman–Crippen MR) is 102 cm³/mol. The van der Waals surface area contributed by atoms with E-state index in [0.717, 1.165) is 19.6 Å². The first-order chi connectivity index (χ1) is 12.5. The van der Waals surface area contributed by atoms with Gasteiger partial charge in [-0.05, 0) is 45.7 Å². The second-order valence-electron chi connectivity index (χ2n) is 6.56. The second-order valence-corrected chi connectivity index (χ2v) is 7.93. The monoisotopic (exact) mass is 377 g/mol. The normalized spacial score (nSPS) is 17.2. The van der Waals surface area contributed by atoms with Crippen LogP contribution in [0.15, 0.2) is 18.3 Å². The number of thiophene rings is 1. The molecule has 142 valence electrons. The molecule has 0 aromatic carbocycles. The average molecular weight is 378 g/mol. The molecule has 26 heavy (non-hydrogen) atoms. The number of likely N-dealkylation sites (tertiary alicyclic amines) is 1. The third-order valence-corrected chi connectivity index (χ3v) is 5.63. The number of aliphatic hydroxyl groups is 1. The molecule has 0 bridgehead atoms. The van der Waals surface area contributed by atoms with Crippen LogP contribution in [0, 0.1) is 6.92 Å². The Kier molecular flexibility index (Phi) is 6.11. The van der Waals surface area contributed by atoms with Crippen LogP contribution >= 0.6 is 11.3 Å². The van der Waals surface area contributed by atoms with Crippen LogP contribution in [-0.4, -0.2) is 46.3 Å². The zero-order chi connectivity index (χ0) is 18.6. The summed E-state index contributed by atoms with van der Waals surface area (Å²) in [5.74, 6) is 0.427. The first-order valence-electron chi connectivity index (χ1n) is 9.17. The van der Waals surface area contributed by atoms with Gasteiger partial charge in [0.2, 0.25) is 5.88 Å². The lowest BCUT2D eigenvalue weighted by molar-refractivity contribution is -0.0301. The summed E-state index contributed by atoms with van der Waals surface area (Å²) in [5.41, 5.74) is -0.300. The number of hydrogen-bond acceptors (Lipinski definition) is 7. The molecule has 1 N–H and O–H groups in total. The molecule has 1 fully saturated rings. The third kappa shape index (κ3) is 4.34. The van der Waals surface area contributed by atoms with Gasteiger partial charge in [0.15, 0.2) is 0 Å². The van der Waals surface area contributed by atoms with Gasteiger partial charge in [-0.2, -0.15) is 4.98 Å². The number of aryl methyl sites for hydroxylation is 1. The summed E-state index contributed by atoms with van der Waals surface area (Å²) in [7, 11) is 0. The maximum absolute atomic E-state index is 11.2. The molecule has 0 radical (unpaired) electrons. The van der Waals surface area contributed by atoms with Gasteiger partial charge < -0.3 is 14.6 Å². The third-order valence-electron chi connectivity index (χ3n) is 4.65. The van der Waals surface area contributed by atoms with Crippen LogP contribution in [-0.2, 0) is 12.1 Å². The van der Waals surface area contributed by atoms with Gasteiger partial charge in [-0.15, -0.1) is 11.3 Å². The lowest BCUT2D eigenvalue weighted by Crippen LogP contribution is -2.42. The molecule has 2 aromatic heterocycles. The van der Waals surface area contributed by atoms with Crippen molar-refractivity contribution in [1.29, 1.82) is 0 Å². The molecule has 6 nitrogen and oxygen atoms in total. The number of hydrogen-bond donors (Lipinski definition) is 1. The molecule has 1 aliphatic heterocycles. The fraction of sp³-hybridized carbons (Fsp3) is 0.579. The number of rotatable bonds is 7. The van der Waals surface area contributed by atoms with E-state index >= 15 is 0 Å². The van der Waals surface area contributed by atoms with E-state index in [9.17, 15) is 5.11 Å². The van der Waals surface area contributed by atoms with Crippen molar-refractivity contribution in [2.75, 3.05) is 26.3 Å². The molecule has 3 rings (SSSR count). The summed E-state index contributed by atoms with van der Waals surface area (Å²) < 4.78 is 11.0. The minimum Gasteiger partial charge on any atom is -0.478 e. The van der Waals surface area contributed by atoms with Gasteiger partial charge in [0, 0.05) is 35.6 Å². The summed E-state index contributed by atoms with van der Waals surface area (Å²) in [6, 6.07) is 4.63. The minimum atomic E-state index is -0.961. The maximum atomic E-state index is 11.2. The van der Waals surface area contributed by atoms with Crippen LogP contribution in [0.25, 0.3) is 0 Å².